The third-order valence-corrected chi connectivity index (χ3v) is 8.79. The third kappa shape index (κ3) is 5.64. The maximum atomic E-state index is 11.9. The zero-order valence-electron chi connectivity index (χ0n) is 25.8. The highest BCUT2D eigenvalue weighted by Crippen LogP contribution is 2.43. The van der Waals surface area contributed by atoms with Crippen LogP contribution in [0.25, 0.3) is 32.3 Å². The van der Waals surface area contributed by atoms with Gasteiger partial charge in [0, 0.05) is 22.3 Å². The van der Waals surface area contributed by atoms with Gasteiger partial charge in [-0.15, -0.1) is 0 Å². The molecule has 6 aromatic carbocycles. The summed E-state index contributed by atoms with van der Waals surface area (Å²) in [5.41, 5.74) is 2.33. The van der Waals surface area contributed by atoms with Crippen molar-refractivity contribution in [1.29, 1.82) is 0 Å². The van der Waals surface area contributed by atoms with Crippen molar-refractivity contribution >= 4 is 44.3 Å². The van der Waals surface area contributed by atoms with E-state index in [-0.39, 0.29) is 59.8 Å². The smallest absolute Gasteiger partial charge is 0.339 e. The number of carbonyl (C=O) groups is 2. The number of phenolic OH excluding ortho intramolecular Hbond substituents is 2. The first kappa shape index (κ1) is 31.7. The van der Waals surface area contributed by atoms with Crippen LogP contribution in [0.2, 0.25) is 0 Å². The first-order chi connectivity index (χ1) is 23.0. The molecule has 0 aliphatic heterocycles. The van der Waals surface area contributed by atoms with Gasteiger partial charge in [-0.2, -0.15) is 0 Å². The number of carboxylic acid groups (broad SMARTS) is 2. The van der Waals surface area contributed by atoms with Crippen molar-refractivity contribution in [2.45, 2.75) is 25.7 Å². The largest absolute Gasteiger partial charge is 0.507 e. The predicted molar refractivity (Wildman–Crippen MR) is 186 cm³/mol. The molecule has 0 atom stereocenters. The van der Waals surface area contributed by atoms with Gasteiger partial charge in [-0.3, -0.25) is 0 Å². The summed E-state index contributed by atoms with van der Waals surface area (Å²) in [5.74, 6) is -3.89. The molecule has 0 heterocycles. The number of hydrogen-bond donors (Lipinski definition) is 6. The Kier molecular flexibility index (Phi) is 8.25. The first-order valence-electron chi connectivity index (χ1n) is 15.2. The third-order valence-electron chi connectivity index (χ3n) is 8.79. The summed E-state index contributed by atoms with van der Waals surface area (Å²) in [6.07, 6.45) is 0.475. The zero-order chi connectivity index (χ0) is 34.3. The van der Waals surface area contributed by atoms with Crippen molar-refractivity contribution in [2.24, 2.45) is 0 Å². The highest BCUT2D eigenvalue weighted by atomic mass is 16.4. The number of aromatic carboxylic acids is 2. The number of allylic oxidation sites excluding steroid dienone is 2. The van der Waals surface area contributed by atoms with Gasteiger partial charge in [0.15, 0.2) is 11.5 Å². The lowest BCUT2D eigenvalue weighted by atomic mass is 9.87. The quantitative estimate of drug-likeness (QED) is 0.0649. The van der Waals surface area contributed by atoms with E-state index < -0.39 is 11.9 Å². The molecule has 48 heavy (non-hydrogen) atoms. The lowest BCUT2D eigenvalue weighted by molar-refractivity contribution is 0.0682. The predicted octanol–water partition coefficient (Wildman–Crippen LogP) is 8.05. The molecule has 0 aromatic heterocycles. The van der Waals surface area contributed by atoms with Gasteiger partial charge in [0.1, 0.15) is 22.6 Å². The van der Waals surface area contributed by atoms with Crippen molar-refractivity contribution in [2.75, 3.05) is 0 Å². The van der Waals surface area contributed by atoms with Crippen molar-refractivity contribution in [3.05, 3.63) is 143 Å². The molecule has 0 radical (unpaired) electrons. The van der Waals surface area contributed by atoms with E-state index in [4.69, 9.17) is 0 Å². The Hall–Kier alpha value is -6.28. The van der Waals surface area contributed by atoms with E-state index in [1.165, 1.54) is 12.1 Å². The molecule has 8 nitrogen and oxygen atoms in total. The minimum absolute atomic E-state index is 0.118. The lowest BCUT2D eigenvalue weighted by Crippen LogP contribution is -2.04. The summed E-state index contributed by atoms with van der Waals surface area (Å²) in [4.78, 5) is 23.7. The van der Waals surface area contributed by atoms with Crippen LogP contribution in [0.3, 0.4) is 0 Å². The summed E-state index contributed by atoms with van der Waals surface area (Å²) < 4.78 is 0. The molecule has 6 N–H and O–H groups in total. The van der Waals surface area contributed by atoms with Crippen LogP contribution in [0.1, 0.15) is 43.0 Å². The molecule has 0 bridgehead atoms. The van der Waals surface area contributed by atoms with E-state index in [2.05, 4.69) is 13.2 Å². The van der Waals surface area contributed by atoms with E-state index in [0.29, 0.717) is 65.7 Å². The van der Waals surface area contributed by atoms with Crippen LogP contribution in [0, 0.1) is 0 Å². The van der Waals surface area contributed by atoms with Gasteiger partial charge < -0.3 is 30.6 Å². The molecular weight excluding hydrogens is 608 g/mol. The molecule has 0 aliphatic carbocycles. The molecule has 0 saturated carbocycles. The Morgan fingerprint density at radius 2 is 0.750 bits per heavy atom. The summed E-state index contributed by atoms with van der Waals surface area (Å²) in [6.45, 7) is 8.37. The molecule has 0 fully saturated rings. The van der Waals surface area contributed by atoms with Crippen molar-refractivity contribution in [1.82, 2.24) is 0 Å². The highest BCUT2D eigenvalue weighted by molar-refractivity contribution is 6.01. The van der Waals surface area contributed by atoms with Crippen LogP contribution >= 0.6 is 0 Å². The van der Waals surface area contributed by atoms with Crippen LogP contribution in [0.4, 0.5) is 0 Å². The number of benzene rings is 6. The number of hydrogen-bond acceptors (Lipinski definition) is 6. The molecule has 0 amide bonds. The average Bonchev–Trinajstić information content (AvgIpc) is 3.07. The molecule has 0 spiro atoms. The number of fused-ring (bicyclic) bond motifs is 3. The molecule has 0 saturated heterocycles. The normalized spacial score (nSPS) is 11.2. The molecule has 0 unspecified atom stereocenters. The number of carboxylic acids is 2. The van der Waals surface area contributed by atoms with Crippen molar-refractivity contribution in [3.63, 3.8) is 0 Å². The second-order valence-corrected chi connectivity index (χ2v) is 12.0. The molecule has 240 valence electrons. The first-order valence-corrected chi connectivity index (χ1v) is 15.2. The number of phenols is 4. The van der Waals surface area contributed by atoms with Crippen LogP contribution in [0.5, 0.6) is 23.0 Å². The number of aromatic hydroxyl groups is 4. The van der Waals surface area contributed by atoms with Gasteiger partial charge in [0.05, 0.1) is 0 Å². The van der Waals surface area contributed by atoms with E-state index in [1.54, 1.807) is 60.7 Å². The number of rotatable bonds is 10. The molecular formula is C40H32O8. The zero-order valence-corrected chi connectivity index (χ0v) is 25.8. The SMILES string of the molecule is C=C(Cc1c(O)c(C(=O)O)cc2ccccc12)Cc1c(O)c(O)c(CC(=C)Cc2c(O)c(C(=O)O)cc3ccccc23)c2ccccc12. The average molecular weight is 641 g/mol. The minimum Gasteiger partial charge on any atom is -0.507 e. The van der Waals surface area contributed by atoms with Crippen LogP contribution < -0.4 is 0 Å². The van der Waals surface area contributed by atoms with E-state index >= 15 is 0 Å². The fraction of sp³-hybridized carbons (Fsp3) is 0.100. The Labute approximate surface area is 275 Å². The van der Waals surface area contributed by atoms with E-state index in [1.807, 2.05) is 12.1 Å². The van der Waals surface area contributed by atoms with Gasteiger partial charge >= 0.3 is 11.9 Å². The van der Waals surface area contributed by atoms with Crippen LogP contribution in [-0.4, -0.2) is 42.6 Å². The van der Waals surface area contributed by atoms with Gasteiger partial charge in [0.25, 0.3) is 0 Å². The van der Waals surface area contributed by atoms with Crippen molar-refractivity contribution < 1.29 is 40.2 Å². The monoisotopic (exact) mass is 640 g/mol. The van der Waals surface area contributed by atoms with Crippen LogP contribution in [-0.2, 0) is 25.7 Å². The van der Waals surface area contributed by atoms with Gasteiger partial charge in [-0.25, -0.2) is 9.59 Å². The van der Waals surface area contributed by atoms with Gasteiger partial charge in [-0.1, -0.05) is 97.1 Å². The highest BCUT2D eigenvalue weighted by Gasteiger charge is 2.23. The maximum Gasteiger partial charge on any atom is 0.339 e. The molecule has 0 aliphatic rings. The Balaban J connectivity index is 1.34. The molecule has 6 rings (SSSR count). The van der Waals surface area contributed by atoms with Gasteiger partial charge in [-0.05, 0) is 70.1 Å². The molecule has 6 aromatic rings. The summed E-state index contributed by atoms with van der Waals surface area (Å²) in [6, 6.07) is 24.4. The Morgan fingerprint density at radius 3 is 1.08 bits per heavy atom. The topological polar surface area (TPSA) is 156 Å². The summed E-state index contributed by atoms with van der Waals surface area (Å²) >= 11 is 0. The fourth-order valence-electron chi connectivity index (χ4n) is 6.54. The second-order valence-electron chi connectivity index (χ2n) is 12.0. The van der Waals surface area contributed by atoms with Gasteiger partial charge in [0.2, 0.25) is 0 Å². The summed E-state index contributed by atoms with van der Waals surface area (Å²) in [5, 5.41) is 67.9. The Morgan fingerprint density at radius 1 is 0.458 bits per heavy atom. The van der Waals surface area contributed by atoms with Crippen LogP contribution in [0.15, 0.2) is 109 Å². The Bertz CT molecular complexity index is 2170. The molecule has 8 heteroatoms. The standard InChI is InChI=1S/C40H32O8/c1-21(15-29-25-11-5-3-9-23(25)19-33(35(29)41)39(45)46)17-31-27-13-7-8-14-28(27)32(38(44)37(31)43)18-22(2)16-30-26-12-6-4-10-24(26)20-34(36(30)42)40(47)48/h3-14,19-20,41-44H,1-2,15-18H2,(H,45,46)(H,47,48). The maximum absolute atomic E-state index is 11.9. The summed E-state index contributed by atoms with van der Waals surface area (Å²) in [7, 11) is 0. The van der Waals surface area contributed by atoms with Crippen molar-refractivity contribution in [3.8, 4) is 23.0 Å². The van der Waals surface area contributed by atoms with E-state index in [0.717, 1.165) is 0 Å². The van der Waals surface area contributed by atoms with E-state index in [9.17, 15) is 40.2 Å². The minimum atomic E-state index is -1.26. The fourth-order valence-corrected chi connectivity index (χ4v) is 6.54. The lowest BCUT2D eigenvalue weighted by Gasteiger charge is -2.19. The second kappa shape index (κ2) is 12.5.